The molecule has 132 valence electrons. The second-order valence-corrected chi connectivity index (χ2v) is 6.14. The van der Waals surface area contributed by atoms with E-state index >= 15 is 0 Å². The fourth-order valence-electron chi connectivity index (χ4n) is 2.74. The van der Waals surface area contributed by atoms with E-state index in [1.54, 1.807) is 24.3 Å². The third kappa shape index (κ3) is 4.92. The lowest BCUT2D eigenvalue weighted by Crippen LogP contribution is -2.32. The van der Waals surface area contributed by atoms with Gasteiger partial charge in [-0.05, 0) is 49.6 Å². The van der Waals surface area contributed by atoms with Crippen LogP contribution in [0.2, 0.25) is 0 Å². The van der Waals surface area contributed by atoms with Gasteiger partial charge in [0.25, 0.3) is 11.8 Å². The standard InChI is InChI=1S/C21H26N2O2/c1-4-13-23(14-5-2)21(25)18-11-8-10-17(15-18)20(24)22-19-12-7-6-9-16(19)3/h6-12,15H,4-5,13-14H2,1-3H3,(H,22,24). The van der Waals surface area contributed by atoms with Crippen LogP contribution in [-0.4, -0.2) is 29.8 Å². The minimum atomic E-state index is -0.207. The highest BCUT2D eigenvalue weighted by Gasteiger charge is 2.16. The molecule has 0 heterocycles. The second kappa shape index (κ2) is 9.02. The summed E-state index contributed by atoms with van der Waals surface area (Å²) < 4.78 is 0. The fourth-order valence-corrected chi connectivity index (χ4v) is 2.74. The van der Waals surface area contributed by atoms with Gasteiger partial charge in [-0.3, -0.25) is 9.59 Å². The SMILES string of the molecule is CCCN(CCC)C(=O)c1cccc(C(=O)Nc2ccccc2C)c1. The van der Waals surface area contributed by atoms with Gasteiger partial charge in [-0.1, -0.05) is 38.1 Å². The zero-order chi connectivity index (χ0) is 18.2. The Bertz CT molecular complexity index is 734. The van der Waals surface area contributed by atoms with Gasteiger partial charge >= 0.3 is 0 Å². The summed E-state index contributed by atoms with van der Waals surface area (Å²) in [7, 11) is 0. The van der Waals surface area contributed by atoms with Crippen LogP contribution in [-0.2, 0) is 0 Å². The molecule has 0 saturated heterocycles. The number of hydrogen-bond donors (Lipinski definition) is 1. The molecule has 0 aliphatic heterocycles. The average Bonchev–Trinajstić information content (AvgIpc) is 2.63. The molecule has 0 fully saturated rings. The molecule has 2 rings (SSSR count). The van der Waals surface area contributed by atoms with Crippen LogP contribution in [0.5, 0.6) is 0 Å². The molecule has 25 heavy (non-hydrogen) atoms. The van der Waals surface area contributed by atoms with Gasteiger partial charge in [0.05, 0.1) is 0 Å². The van der Waals surface area contributed by atoms with Crippen molar-refractivity contribution in [3.8, 4) is 0 Å². The minimum absolute atomic E-state index is 0.0192. The molecule has 4 heteroatoms. The molecule has 0 aliphatic carbocycles. The molecule has 4 nitrogen and oxygen atoms in total. The molecule has 2 aromatic carbocycles. The Hall–Kier alpha value is -2.62. The number of amides is 2. The van der Waals surface area contributed by atoms with Crippen molar-refractivity contribution in [2.75, 3.05) is 18.4 Å². The van der Waals surface area contributed by atoms with E-state index in [1.807, 2.05) is 36.1 Å². The van der Waals surface area contributed by atoms with Crippen LogP contribution in [0, 0.1) is 6.92 Å². The van der Waals surface area contributed by atoms with E-state index in [0.29, 0.717) is 11.1 Å². The first kappa shape index (κ1) is 18.7. The quantitative estimate of drug-likeness (QED) is 0.807. The molecule has 2 amide bonds. The Kier molecular flexibility index (Phi) is 6.75. The van der Waals surface area contributed by atoms with Crippen LogP contribution in [0.3, 0.4) is 0 Å². The highest BCUT2D eigenvalue weighted by atomic mass is 16.2. The first-order chi connectivity index (χ1) is 12.1. The minimum Gasteiger partial charge on any atom is -0.339 e. The predicted octanol–water partition coefficient (Wildman–Crippen LogP) is 4.51. The van der Waals surface area contributed by atoms with Crippen molar-refractivity contribution in [1.82, 2.24) is 4.90 Å². The number of rotatable bonds is 7. The van der Waals surface area contributed by atoms with Crippen molar-refractivity contribution in [2.45, 2.75) is 33.6 Å². The maximum absolute atomic E-state index is 12.7. The Morgan fingerprint density at radius 1 is 0.920 bits per heavy atom. The van der Waals surface area contributed by atoms with Crippen molar-refractivity contribution in [2.24, 2.45) is 0 Å². The first-order valence-electron chi connectivity index (χ1n) is 8.83. The Morgan fingerprint density at radius 2 is 1.56 bits per heavy atom. The lowest BCUT2D eigenvalue weighted by molar-refractivity contribution is 0.0755. The Balaban J connectivity index is 2.18. The van der Waals surface area contributed by atoms with Gasteiger partial charge in [0.15, 0.2) is 0 Å². The number of para-hydroxylation sites is 1. The lowest BCUT2D eigenvalue weighted by Gasteiger charge is -2.21. The molecular formula is C21H26N2O2. The van der Waals surface area contributed by atoms with Gasteiger partial charge in [0, 0.05) is 29.9 Å². The van der Waals surface area contributed by atoms with Crippen LogP contribution < -0.4 is 5.32 Å². The van der Waals surface area contributed by atoms with E-state index in [-0.39, 0.29) is 11.8 Å². The van der Waals surface area contributed by atoms with Crippen LogP contribution in [0.4, 0.5) is 5.69 Å². The van der Waals surface area contributed by atoms with Crippen molar-refractivity contribution < 1.29 is 9.59 Å². The highest BCUT2D eigenvalue weighted by Crippen LogP contribution is 2.16. The van der Waals surface area contributed by atoms with Gasteiger partial charge in [-0.15, -0.1) is 0 Å². The number of carbonyl (C=O) groups excluding carboxylic acids is 2. The number of nitrogens with zero attached hydrogens (tertiary/aromatic N) is 1. The summed E-state index contributed by atoms with van der Waals surface area (Å²) in [5.74, 6) is -0.226. The van der Waals surface area contributed by atoms with Gasteiger partial charge in [0.1, 0.15) is 0 Å². The van der Waals surface area contributed by atoms with Gasteiger partial charge in [0.2, 0.25) is 0 Å². The molecule has 0 bridgehead atoms. The van der Waals surface area contributed by atoms with Gasteiger partial charge < -0.3 is 10.2 Å². The average molecular weight is 338 g/mol. The third-order valence-electron chi connectivity index (χ3n) is 4.04. The van der Waals surface area contributed by atoms with Crippen LogP contribution >= 0.6 is 0 Å². The van der Waals surface area contributed by atoms with Crippen molar-refractivity contribution >= 4 is 17.5 Å². The number of carbonyl (C=O) groups is 2. The largest absolute Gasteiger partial charge is 0.339 e. The molecule has 0 aromatic heterocycles. The normalized spacial score (nSPS) is 10.4. The molecule has 0 atom stereocenters. The van der Waals surface area contributed by atoms with Gasteiger partial charge in [-0.2, -0.15) is 0 Å². The summed E-state index contributed by atoms with van der Waals surface area (Å²) in [6.07, 6.45) is 1.83. The zero-order valence-corrected chi connectivity index (χ0v) is 15.2. The summed E-state index contributed by atoms with van der Waals surface area (Å²) in [6, 6.07) is 14.6. The molecular weight excluding hydrogens is 312 g/mol. The smallest absolute Gasteiger partial charge is 0.255 e. The number of anilines is 1. The van der Waals surface area contributed by atoms with Crippen molar-refractivity contribution in [3.05, 3.63) is 65.2 Å². The highest BCUT2D eigenvalue weighted by molar-refractivity contribution is 6.06. The Labute approximate surface area is 149 Å². The fraction of sp³-hybridized carbons (Fsp3) is 0.333. The summed E-state index contributed by atoms with van der Waals surface area (Å²) in [6.45, 7) is 7.52. The number of hydrogen-bond acceptors (Lipinski definition) is 2. The summed E-state index contributed by atoms with van der Waals surface area (Å²) in [4.78, 5) is 27.1. The van der Waals surface area contributed by atoms with Gasteiger partial charge in [-0.25, -0.2) is 0 Å². The topological polar surface area (TPSA) is 49.4 Å². The maximum atomic E-state index is 12.7. The van der Waals surface area contributed by atoms with Crippen LogP contribution in [0.25, 0.3) is 0 Å². The second-order valence-electron chi connectivity index (χ2n) is 6.14. The van der Waals surface area contributed by atoms with E-state index in [0.717, 1.165) is 37.2 Å². The van der Waals surface area contributed by atoms with E-state index in [1.165, 1.54) is 0 Å². The van der Waals surface area contributed by atoms with E-state index in [9.17, 15) is 9.59 Å². The predicted molar refractivity (Wildman–Crippen MR) is 102 cm³/mol. The lowest BCUT2D eigenvalue weighted by atomic mass is 10.1. The molecule has 0 radical (unpaired) electrons. The van der Waals surface area contributed by atoms with Crippen molar-refractivity contribution in [1.29, 1.82) is 0 Å². The number of nitrogens with one attached hydrogen (secondary N) is 1. The number of aryl methyl sites for hydroxylation is 1. The monoisotopic (exact) mass is 338 g/mol. The molecule has 0 saturated carbocycles. The zero-order valence-electron chi connectivity index (χ0n) is 15.2. The molecule has 0 spiro atoms. The maximum Gasteiger partial charge on any atom is 0.255 e. The number of benzene rings is 2. The van der Waals surface area contributed by atoms with E-state index in [2.05, 4.69) is 19.2 Å². The first-order valence-corrected chi connectivity index (χ1v) is 8.83. The van der Waals surface area contributed by atoms with Crippen molar-refractivity contribution in [3.63, 3.8) is 0 Å². The molecule has 2 aromatic rings. The van der Waals surface area contributed by atoms with Crippen LogP contribution in [0.1, 0.15) is 53.0 Å². The molecule has 0 unspecified atom stereocenters. The Morgan fingerprint density at radius 3 is 2.20 bits per heavy atom. The summed E-state index contributed by atoms with van der Waals surface area (Å²) in [5.41, 5.74) is 2.82. The van der Waals surface area contributed by atoms with E-state index in [4.69, 9.17) is 0 Å². The van der Waals surface area contributed by atoms with E-state index < -0.39 is 0 Å². The van der Waals surface area contributed by atoms with Crippen LogP contribution in [0.15, 0.2) is 48.5 Å². The molecule has 0 aliphatic rings. The summed E-state index contributed by atoms with van der Waals surface area (Å²) in [5, 5.41) is 2.91. The summed E-state index contributed by atoms with van der Waals surface area (Å²) >= 11 is 0. The molecule has 1 N–H and O–H groups in total. The third-order valence-corrected chi connectivity index (χ3v) is 4.04.